The number of aryl methyl sites for hydroxylation is 2. The number of ketones is 1. The summed E-state index contributed by atoms with van der Waals surface area (Å²) in [6, 6.07) is 8.21. The van der Waals surface area contributed by atoms with E-state index in [1.807, 2.05) is 32.9 Å². The normalized spacial score (nSPS) is 19.3. The average Bonchev–Trinajstić information content (AvgIpc) is 3.23. The second-order valence-electron chi connectivity index (χ2n) is 6.66. The molecule has 26 heavy (non-hydrogen) atoms. The molecule has 0 spiro atoms. The highest BCUT2D eigenvalue weighted by Crippen LogP contribution is 2.39. The molecule has 1 atom stereocenters. The Hall–Kier alpha value is -2.82. The van der Waals surface area contributed by atoms with E-state index in [1.54, 1.807) is 18.2 Å². The Morgan fingerprint density at radius 3 is 2.58 bits per heavy atom. The van der Waals surface area contributed by atoms with Gasteiger partial charge in [-0.15, -0.1) is 0 Å². The SMILES string of the molecule is CCCCN1C(=O)C(=O)/C(=C(\O)c2ccc(C)c(C)c2)C1c1ccco1. The molecule has 1 saturated heterocycles. The van der Waals surface area contributed by atoms with E-state index in [2.05, 4.69) is 0 Å². The van der Waals surface area contributed by atoms with Gasteiger partial charge < -0.3 is 14.4 Å². The molecule has 136 valence electrons. The van der Waals surface area contributed by atoms with Crippen LogP contribution in [0.5, 0.6) is 0 Å². The number of rotatable bonds is 5. The third kappa shape index (κ3) is 3.05. The minimum absolute atomic E-state index is 0.0873. The van der Waals surface area contributed by atoms with Crippen LogP contribution in [0.1, 0.15) is 48.3 Å². The molecule has 1 amide bonds. The molecule has 1 fully saturated rings. The molecular formula is C21H23NO4. The van der Waals surface area contributed by atoms with E-state index in [-0.39, 0.29) is 11.3 Å². The quantitative estimate of drug-likeness (QED) is 0.499. The standard InChI is InChI=1S/C21H23NO4/c1-4-5-10-22-18(16-7-6-11-26-16)17(20(24)21(22)25)19(23)15-9-8-13(2)14(3)12-15/h6-9,11-12,18,23H,4-5,10H2,1-3H3/b19-17-. The molecule has 0 radical (unpaired) electrons. The smallest absolute Gasteiger partial charge is 0.295 e. The van der Waals surface area contributed by atoms with Gasteiger partial charge in [0.1, 0.15) is 17.6 Å². The summed E-state index contributed by atoms with van der Waals surface area (Å²) < 4.78 is 5.49. The van der Waals surface area contributed by atoms with Gasteiger partial charge in [-0.2, -0.15) is 0 Å². The van der Waals surface area contributed by atoms with Crippen molar-refractivity contribution >= 4 is 17.4 Å². The number of furan rings is 1. The van der Waals surface area contributed by atoms with Gasteiger partial charge >= 0.3 is 0 Å². The number of unbranched alkanes of at least 4 members (excludes halogenated alkanes) is 1. The number of carbonyl (C=O) groups excluding carboxylic acids is 2. The van der Waals surface area contributed by atoms with Crippen molar-refractivity contribution in [1.29, 1.82) is 0 Å². The molecule has 1 aliphatic rings. The second kappa shape index (κ2) is 7.20. The van der Waals surface area contributed by atoms with Crippen molar-refractivity contribution in [3.05, 3.63) is 64.6 Å². The summed E-state index contributed by atoms with van der Waals surface area (Å²) in [4.78, 5) is 26.8. The lowest BCUT2D eigenvalue weighted by Crippen LogP contribution is -2.30. The lowest BCUT2D eigenvalue weighted by molar-refractivity contribution is -0.140. The highest BCUT2D eigenvalue weighted by molar-refractivity contribution is 6.46. The van der Waals surface area contributed by atoms with Crippen LogP contribution < -0.4 is 0 Å². The first-order valence-corrected chi connectivity index (χ1v) is 8.85. The minimum Gasteiger partial charge on any atom is -0.507 e. The summed E-state index contributed by atoms with van der Waals surface area (Å²) in [7, 11) is 0. The fraction of sp³-hybridized carbons (Fsp3) is 0.333. The minimum atomic E-state index is -0.696. The predicted octanol–water partition coefficient (Wildman–Crippen LogP) is 4.12. The van der Waals surface area contributed by atoms with Gasteiger partial charge in [-0.25, -0.2) is 0 Å². The van der Waals surface area contributed by atoms with Crippen molar-refractivity contribution in [2.45, 2.75) is 39.7 Å². The highest BCUT2D eigenvalue weighted by Gasteiger charge is 2.47. The van der Waals surface area contributed by atoms with Crippen molar-refractivity contribution in [2.24, 2.45) is 0 Å². The fourth-order valence-corrected chi connectivity index (χ4v) is 3.23. The predicted molar refractivity (Wildman–Crippen MR) is 98.5 cm³/mol. The van der Waals surface area contributed by atoms with Crippen molar-refractivity contribution < 1.29 is 19.1 Å². The zero-order valence-electron chi connectivity index (χ0n) is 15.3. The molecule has 1 unspecified atom stereocenters. The van der Waals surface area contributed by atoms with Crippen LogP contribution >= 0.6 is 0 Å². The van der Waals surface area contributed by atoms with Crippen molar-refractivity contribution in [3.8, 4) is 0 Å². The molecule has 5 nitrogen and oxygen atoms in total. The molecule has 2 aromatic rings. The van der Waals surface area contributed by atoms with Gasteiger partial charge in [0.25, 0.3) is 11.7 Å². The number of hydrogen-bond donors (Lipinski definition) is 1. The molecule has 0 aliphatic carbocycles. The maximum absolute atomic E-state index is 12.7. The summed E-state index contributed by atoms with van der Waals surface area (Å²) in [6.45, 7) is 6.38. The monoisotopic (exact) mass is 353 g/mol. The van der Waals surface area contributed by atoms with Crippen molar-refractivity contribution in [1.82, 2.24) is 4.90 Å². The van der Waals surface area contributed by atoms with Crippen molar-refractivity contribution in [3.63, 3.8) is 0 Å². The van der Waals surface area contributed by atoms with Gasteiger partial charge in [0.15, 0.2) is 0 Å². The van der Waals surface area contributed by atoms with Crippen LogP contribution in [0.25, 0.3) is 5.76 Å². The molecule has 1 N–H and O–H groups in total. The van der Waals surface area contributed by atoms with Crippen LogP contribution in [0.2, 0.25) is 0 Å². The van der Waals surface area contributed by atoms with Crippen LogP contribution in [-0.2, 0) is 9.59 Å². The van der Waals surface area contributed by atoms with Gasteiger partial charge in [-0.3, -0.25) is 9.59 Å². The van der Waals surface area contributed by atoms with Crippen LogP contribution in [0.4, 0.5) is 0 Å². The summed E-state index contributed by atoms with van der Waals surface area (Å²) in [5.41, 5.74) is 2.71. The number of hydrogen-bond acceptors (Lipinski definition) is 4. The number of carbonyl (C=O) groups is 2. The molecule has 3 rings (SSSR count). The fourth-order valence-electron chi connectivity index (χ4n) is 3.23. The molecule has 0 saturated carbocycles. The highest BCUT2D eigenvalue weighted by atomic mass is 16.3. The number of likely N-dealkylation sites (tertiary alicyclic amines) is 1. The number of Topliss-reactive ketones (excluding diaryl/α,β-unsaturated/α-hetero) is 1. The second-order valence-corrected chi connectivity index (χ2v) is 6.66. The van der Waals surface area contributed by atoms with Gasteiger partial charge in [0.2, 0.25) is 0 Å². The third-order valence-electron chi connectivity index (χ3n) is 4.89. The number of benzene rings is 1. The number of amides is 1. The molecule has 1 aromatic carbocycles. The Balaban J connectivity index is 2.14. The maximum Gasteiger partial charge on any atom is 0.295 e. The van der Waals surface area contributed by atoms with Gasteiger partial charge in [-0.05, 0) is 49.6 Å². The first kappa shape index (κ1) is 18.0. The van der Waals surface area contributed by atoms with Crippen molar-refractivity contribution in [2.75, 3.05) is 6.54 Å². The Bertz CT molecular complexity index is 864. The van der Waals surface area contributed by atoms with Crippen LogP contribution in [0, 0.1) is 13.8 Å². The Morgan fingerprint density at radius 1 is 1.19 bits per heavy atom. The van der Waals surface area contributed by atoms with Crippen LogP contribution in [-0.4, -0.2) is 28.2 Å². The first-order chi connectivity index (χ1) is 12.5. The Morgan fingerprint density at radius 2 is 1.96 bits per heavy atom. The topological polar surface area (TPSA) is 70.8 Å². The third-order valence-corrected chi connectivity index (χ3v) is 4.89. The Kier molecular flexibility index (Phi) is 4.98. The lowest BCUT2D eigenvalue weighted by Gasteiger charge is -2.23. The van der Waals surface area contributed by atoms with Gasteiger partial charge in [0, 0.05) is 12.1 Å². The first-order valence-electron chi connectivity index (χ1n) is 8.85. The van der Waals surface area contributed by atoms with E-state index in [4.69, 9.17) is 4.42 Å². The van der Waals surface area contributed by atoms with Gasteiger partial charge in [-0.1, -0.05) is 25.5 Å². The van der Waals surface area contributed by atoms with E-state index in [0.29, 0.717) is 17.9 Å². The lowest BCUT2D eigenvalue weighted by atomic mass is 9.97. The number of aliphatic hydroxyl groups excluding tert-OH is 1. The van der Waals surface area contributed by atoms with E-state index in [9.17, 15) is 14.7 Å². The van der Waals surface area contributed by atoms with E-state index >= 15 is 0 Å². The average molecular weight is 353 g/mol. The molecule has 1 aliphatic heterocycles. The largest absolute Gasteiger partial charge is 0.507 e. The zero-order chi connectivity index (χ0) is 18.8. The van der Waals surface area contributed by atoms with E-state index in [0.717, 1.165) is 24.0 Å². The molecule has 2 heterocycles. The van der Waals surface area contributed by atoms with E-state index in [1.165, 1.54) is 11.2 Å². The van der Waals surface area contributed by atoms with Gasteiger partial charge in [0.05, 0.1) is 11.8 Å². The zero-order valence-corrected chi connectivity index (χ0v) is 15.3. The summed E-state index contributed by atoms with van der Waals surface area (Å²) in [5.74, 6) is -0.944. The van der Waals surface area contributed by atoms with Crippen LogP contribution in [0.3, 0.4) is 0 Å². The summed E-state index contributed by atoms with van der Waals surface area (Å²) in [6.07, 6.45) is 3.17. The molecule has 5 heteroatoms. The molecule has 0 bridgehead atoms. The van der Waals surface area contributed by atoms with E-state index < -0.39 is 17.7 Å². The molecule has 1 aromatic heterocycles. The summed E-state index contributed by atoms with van der Waals surface area (Å²) >= 11 is 0. The molecular weight excluding hydrogens is 330 g/mol. The van der Waals surface area contributed by atoms with Crippen LogP contribution in [0.15, 0.2) is 46.6 Å². The number of nitrogens with zero attached hydrogens (tertiary/aromatic N) is 1. The summed E-state index contributed by atoms with van der Waals surface area (Å²) in [5, 5.41) is 10.9. The maximum atomic E-state index is 12.7. The number of aliphatic hydroxyl groups is 1. The Labute approximate surface area is 152 Å².